The van der Waals surface area contributed by atoms with E-state index in [4.69, 9.17) is 0 Å². The van der Waals surface area contributed by atoms with Crippen LogP contribution in [-0.4, -0.2) is 23.2 Å². The van der Waals surface area contributed by atoms with E-state index in [0.29, 0.717) is 0 Å². The molecule has 1 N–H and O–H groups in total. The molecule has 7 heteroatoms. The smallest absolute Gasteiger partial charge is 0.242 e. The third kappa shape index (κ3) is 3.64. The Labute approximate surface area is 134 Å². The molecule has 0 aliphatic heterocycles. The lowest BCUT2D eigenvalue weighted by atomic mass is 10.2. The topological polar surface area (TPSA) is 76.9 Å². The van der Waals surface area contributed by atoms with Gasteiger partial charge in [0.05, 0.1) is 5.69 Å². The molecule has 0 bridgehead atoms. The molecule has 0 fully saturated rings. The zero-order valence-electron chi connectivity index (χ0n) is 12.5. The van der Waals surface area contributed by atoms with E-state index in [1.165, 1.54) is 6.20 Å². The van der Waals surface area contributed by atoms with E-state index in [1.807, 2.05) is 43.5 Å². The third-order valence-corrected chi connectivity index (χ3v) is 4.75. The van der Waals surface area contributed by atoms with Crippen molar-refractivity contribution in [2.75, 3.05) is 0 Å². The molecular weight excluding hydrogens is 312 g/mol. The quantitative estimate of drug-likeness (QED) is 0.778. The summed E-state index contributed by atoms with van der Waals surface area (Å²) in [5.74, 6) is 0. The molecule has 6 nitrogen and oxygen atoms in total. The molecule has 0 aliphatic rings. The minimum atomic E-state index is -3.56. The molecule has 0 atom stereocenters. The third-order valence-electron chi connectivity index (χ3n) is 3.37. The van der Waals surface area contributed by atoms with E-state index in [0.717, 1.165) is 16.9 Å². The number of pyridine rings is 1. The van der Waals surface area contributed by atoms with Gasteiger partial charge in [-0.05, 0) is 42.8 Å². The number of hydrogen-bond donors (Lipinski definition) is 1. The minimum Gasteiger partial charge on any atom is -0.260 e. The fourth-order valence-electron chi connectivity index (χ4n) is 2.06. The average molecular weight is 328 g/mol. The van der Waals surface area contributed by atoms with Crippen molar-refractivity contribution in [1.29, 1.82) is 0 Å². The van der Waals surface area contributed by atoms with Gasteiger partial charge in [0.2, 0.25) is 10.0 Å². The van der Waals surface area contributed by atoms with Gasteiger partial charge < -0.3 is 0 Å². The van der Waals surface area contributed by atoms with Crippen molar-refractivity contribution in [3.8, 4) is 5.69 Å². The van der Waals surface area contributed by atoms with Crippen molar-refractivity contribution in [3.63, 3.8) is 0 Å². The molecule has 23 heavy (non-hydrogen) atoms. The van der Waals surface area contributed by atoms with Crippen LogP contribution in [0.3, 0.4) is 0 Å². The molecule has 3 rings (SSSR count). The fourth-order valence-corrected chi connectivity index (χ4v) is 3.02. The Balaban J connectivity index is 1.69. The van der Waals surface area contributed by atoms with E-state index >= 15 is 0 Å². The van der Waals surface area contributed by atoms with Crippen molar-refractivity contribution in [1.82, 2.24) is 19.5 Å². The fraction of sp³-hybridized carbons (Fsp3) is 0.125. The first kappa shape index (κ1) is 15.4. The maximum absolute atomic E-state index is 12.2. The van der Waals surface area contributed by atoms with Crippen LogP contribution in [0.1, 0.15) is 11.3 Å². The number of nitrogens with one attached hydrogen (secondary N) is 1. The second-order valence-electron chi connectivity index (χ2n) is 5.08. The Hall–Kier alpha value is -2.51. The summed E-state index contributed by atoms with van der Waals surface area (Å²) in [6.45, 7) is 2.03. The van der Waals surface area contributed by atoms with Crippen molar-refractivity contribution in [3.05, 3.63) is 72.3 Å². The summed E-state index contributed by atoms with van der Waals surface area (Å²) in [5.41, 5.74) is 2.56. The van der Waals surface area contributed by atoms with E-state index in [1.54, 1.807) is 23.0 Å². The zero-order chi connectivity index (χ0) is 16.3. The molecule has 118 valence electrons. The van der Waals surface area contributed by atoms with Gasteiger partial charge in [-0.3, -0.25) is 4.98 Å². The number of nitrogens with zero attached hydrogens (tertiary/aromatic N) is 3. The summed E-state index contributed by atoms with van der Waals surface area (Å²) in [5, 5.41) is 4.15. The van der Waals surface area contributed by atoms with Crippen LogP contribution in [0.4, 0.5) is 0 Å². The molecule has 0 amide bonds. The Morgan fingerprint density at radius 1 is 1.13 bits per heavy atom. The molecule has 1 aromatic carbocycles. The van der Waals surface area contributed by atoms with Gasteiger partial charge in [0.15, 0.2) is 0 Å². The second kappa shape index (κ2) is 6.31. The highest BCUT2D eigenvalue weighted by Gasteiger charge is 2.13. The Kier molecular flexibility index (Phi) is 4.22. The van der Waals surface area contributed by atoms with Gasteiger partial charge in [0.25, 0.3) is 0 Å². The molecule has 0 radical (unpaired) electrons. The van der Waals surface area contributed by atoms with E-state index < -0.39 is 10.0 Å². The first-order chi connectivity index (χ1) is 11.0. The standard InChI is InChI=1S/C16H16N4O2S/c1-13-3-8-16(12-17-13)23(21,22)19-11-14-4-6-15(7-5-14)20-10-2-9-18-20/h2-10,12,19H,11H2,1H3. The highest BCUT2D eigenvalue weighted by Crippen LogP contribution is 2.11. The number of hydrogen-bond acceptors (Lipinski definition) is 4. The van der Waals surface area contributed by atoms with Crippen LogP contribution in [0.15, 0.2) is 66.0 Å². The zero-order valence-corrected chi connectivity index (χ0v) is 13.4. The summed E-state index contributed by atoms with van der Waals surface area (Å²) >= 11 is 0. The lowest BCUT2D eigenvalue weighted by Crippen LogP contribution is -2.23. The van der Waals surface area contributed by atoms with E-state index in [9.17, 15) is 8.42 Å². The van der Waals surface area contributed by atoms with Crippen LogP contribution < -0.4 is 4.72 Å². The maximum Gasteiger partial charge on any atom is 0.242 e. The Morgan fingerprint density at radius 3 is 2.52 bits per heavy atom. The van der Waals surface area contributed by atoms with Crippen LogP contribution in [0, 0.1) is 6.92 Å². The summed E-state index contributed by atoms with van der Waals surface area (Å²) in [6.07, 6.45) is 4.91. The van der Waals surface area contributed by atoms with Crippen molar-refractivity contribution < 1.29 is 8.42 Å². The lowest BCUT2D eigenvalue weighted by molar-refractivity contribution is 0.581. The number of benzene rings is 1. The predicted molar refractivity (Wildman–Crippen MR) is 86.6 cm³/mol. The number of sulfonamides is 1. The molecule has 0 spiro atoms. The van der Waals surface area contributed by atoms with Crippen LogP contribution in [0.25, 0.3) is 5.69 Å². The highest BCUT2D eigenvalue weighted by molar-refractivity contribution is 7.89. The van der Waals surface area contributed by atoms with Crippen molar-refractivity contribution in [2.24, 2.45) is 0 Å². The normalized spacial score (nSPS) is 11.5. The van der Waals surface area contributed by atoms with Crippen molar-refractivity contribution in [2.45, 2.75) is 18.4 Å². The largest absolute Gasteiger partial charge is 0.260 e. The van der Waals surface area contributed by atoms with Crippen molar-refractivity contribution >= 4 is 10.0 Å². The van der Waals surface area contributed by atoms with Gasteiger partial charge in [0, 0.05) is 30.8 Å². The predicted octanol–water partition coefficient (Wildman–Crippen LogP) is 2.05. The van der Waals surface area contributed by atoms with Gasteiger partial charge in [-0.1, -0.05) is 12.1 Å². The summed E-state index contributed by atoms with van der Waals surface area (Å²) in [6, 6.07) is 12.6. The summed E-state index contributed by atoms with van der Waals surface area (Å²) in [7, 11) is -3.56. The minimum absolute atomic E-state index is 0.163. The Bertz CT molecular complexity index is 871. The molecule has 2 aromatic heterocycles. The van der Waals surface area contributed by atoms with Gasteiger partial charge in [-0.2, -0.15) is 5.10 Å². The van der Waals surface area contributed by atoms with E-state index in [-0.39, 0.29) is 11.4 Å². The van der Waals surface area contributed by atoms with Crippen LogP contribution in [0.5, 0.6) is 0 Å². The number of aryl methyl sites for hydroxylation is 1. The van der Waals surface area contributed by atoms with Gasteiger partial charge in [0.1, 0.15) is 4.90 Å². The molecule has 2 heterocycles. The monoisotopic (exact) mass is 328 g/mol. The maximum atomic E-state index is 12.2. The van der Waals surface area contributed by atoms with Gasteiger partial charge in [-0.15, -0.1) is 0 Å². The Morgan fingerprint density at radius 2 is 1.91 bits per heavy atom. The number of aromatic nitrogens is 3. The molecule has 3 aromatic rings. The second-order valence-corrected chi connectivity index (χ2v) is 6.84. The highest BCUT2D eigenvalue weighted by atomic mass is 32.2. The first-order valence-corrected chi connectivity index (χ1v) is 8.54. The SMILES string of the molecule is Cc1ccc(S(=O)(=O)NCc2ccc(-n3cccn3)cc2)cn1. The first-order valence-electron chi connectivity index (χ1n) is 7.06. The summed E-state index contributed by atoms with van der Waals surface area (Å²) in [4.78, 5) is 4.17. The molecule has 0 aliphatic carbocycles. The van der Waals surface area contributed by atoms with Crippen LogP contribution in [0.2, 0.25) is 0 Å². The summed E-state index contributed by atoms with van der Waals surface area (Å²) < 4.78 is 28.7. The van der Waals surface area contributed by atoms with Crippen LogP contribution in [-0.2, 0) is 16.6 Å². The van der Waals surface area contributed by atoms with Crippen LogP contribution >= 0.6 is 0 Å². The van der Waals surface area contributed by atoms with Gasteiger partial charge >= 0.3 is 0 Å². The lowest BCUT2D eigenvalue weighted by Gasteiger charge is -2.08. The molecule has 0 saturated carbocycles. The number of rotatable bonds is 5. The molecule has 0 saturated heterocycles. The van der Waals surface area contributed by atoms with Gasteiger partial charge in [-0.25, -0.2) is 17.8 Å². The average Bonchev–Trinajstić information content (AvgIpc) is 3.08. The van der Waals surface area contributed by atoms with E-state index in [2.05, 4.69) is 14.8 Å². The molecule has 0 unspecified atom stereocenters. The molecular formula is C16H16N4O2S.